The number of benzene rings is 2. The normalized spacial score (nSPS) is 10.3. The van der Waals surface area contributed by atoms with Crippen LogP contribution in [-0.2, 0) is 0 Å². The molecule has 0 aliphatic rings. The van der Waals surface area contributed by atoms with Crippen LogP contribution in [0.3, 0.4) is 0 Å². The molecule has 0 atom stereocenters. The van der Waals surface area contributed by atoms with Gasteiger partial charge in [0.25, 0.3) is 0 Å². The molecule has 0 saturated carbocycles. The van der Waals surface area contributed by atoms with E-state index in [2.05, 4.69) is 5.32 Å². The molecule has 0 aliphatic heterocycles. The molecule has 0 aliphatic carbocycles. The van der Waals surface area contributed by atoms with Crippen LogP contribution < -0.4 is 11.1 Å². The van der Waals surface area contributed by atoms with E-state index < -0.39 is 17.6 Å². The largest absolute Gasteiger partial charge is 0.478 e. The smallest absolute Gasteiger partial charge is 0.335 e. The van der Waals surface area contributed by atoms with Crippen molar-refractivity contribution in [3.05, 3.63) is 53.1 Å². The lowest BCUT2D eigenvalue weighted by atomic mass is 10.1. The Morgan fingerprint density at radius 2 is 1.85 bits per heavy atom. The number of carbonyl (C=O) groups is 1. The van der Waals surface area contributed by atoms with Crippen LogP contribution in [0.1, 0.15) is 15.9 Å². The van der Waals surface area contributed by atoms with E-state index in [1.54, 1.807) is 0 Å². The zero-order chi connectivity index (χ0) is 14.9. The van der Waals surface area contributed by atoms with E-state index in [4.69, 9.17) is 10.8 Å². The van der Waals surface area contributed by atoms with E-state index in [0.717, 1.165) is 12.1 Å². The Balaban J connectivity index is 2.42. The first-order valence-electron chi connectivity index (χ1n) is 5.74. The highest BCUT2D eigenvalue weighted by Crippen LogP contribution is 2.27. The number of rotatable bonds is 3. The lowest BCUT2D eigenvalue weighted by molar-refractivity contribution is 0.0697. The first kappa shape index (κ1) is 13.8. The third-order valence-corrected chi connectivity index (χ3v) is 2.82. The number of nitrogens with one attached hydrogen (secondary N) is 1. The predicted molar refractivity (Wildman–Crippen MR) is 72.2 cm³/mol. The minimum absolute atomic E-state index is 0.00492. The standard InChI is InChI=1S/C14H12F2N2O2/c1-7-4-10(16)12(6-9(7)15)18-13-5-8(14(19)20)2-3-11(13)17/h2-6,18H,17H2,1H3,(H,19,20). The summed E-state index contributed by atoms with van der Waals surface area (Å²) in [5.74, 6) is -2.35. The van der Waals surface area contributed by atoms with Crippen LogP contribution in [0.5, 0.6) is 0 Å². The molecule has 2 aromatic carbocycles. The molecule has 0 saturated heterocycles. The second kappa shape index (κ2) is 5.16. The maximum absolute atomic E-state index is 13.7. The number of nitrogens with two attached hydrogens (primary N) is 1. The van der Waals surface area contributed by atoms with Crippen molar-refractivity contribution in [2.45, 2.75) is 6.92 Å². The zero-order valence-corrected chi connectivity index (χ0v) is 10.6. The summed E-state index contributed by atoms with van der Waals surface area (Å²) in [5.41, 5.74) is 6.18. The number of halogens is 2. The maximum Gasteiger partial charge on any atom is 0.335 e. The van der Waals surface area contributed by atoms with Crippen molar-refractivity contribution in [3.63, 3.8) is 0 Å². The van der Waals surface area contributed by atoms with E-state index in [1.165, 1.54) is 25.1 Å². The molecule has 6 heteroatoms. The molecule has 0 spiro atoms. The summed E-state index contributed by atoms with van der Waals surface area (Å²) in [6.45, 7) is 1.45. The molecular formula is C14H12F2N2O2. The monoisotopic (exact) mass is 278 g/mol. The van der Waals surface area contributed by atoms with Gasteiger partial charge in [-0.1, -0.05) is 0 Å². The van der Waals surface area contributed by atoms with E-state index >= 15 is 0 Å². The van der Waals surface area contributed by atoms with Crippen LogP contribution >= 0.6 is 0 Å². The Morgan fingerprint density at radius 1 is 1.15 bits per heavy atom. The summed E-state index contributed by atoms with van der Waals surface area (Å²) in [6, 6.07) is 6.02. The van der Waals surface area contributed by atoms with E-state index in [9.17, 15) is 13.6 Å². The Kier molecular flexibility index (Phi) is 3.56. The van der Waals surface area contributed by atoms with E-state index in [-0.39, 0.29) is 28.2 Å². The van der Waals surface area contributed by atoms with Gasteiger partial charge < -0.3 is 16.2 Å². The number of carboxylic acids is 1. The highest BCUT2D eigenvalue weighted by molar-refractivity contribution is 5.91. The quantitative estimate of drug-likeness (QED) is 0.753. The van der Waals surface area contributed by atoms with Crippen molar-refractivity contribution in [1.82, 2.24) is 0 Å². The minimum Gasteiger partial charge on any atom is -0.478 e. The molecule has 0 heterocycles. The van der Waals surface area contributed by atoms with Crippen LogP contribution in [0.2, 0.25) is 0 Å². The fourth-order valence-corrected chi connectivity index (χ4v) is 1.68. The number of anilines is 3. The van der Waals surface area contributed by atoms with Gasteiger partial charge in [-0.2, -0.15) is 0 Å². The van der Waals surface area contributed by atoms with Crippen molar-refractivity contribution in [3.8, 4) is 0 Å². The molecular weight excluding hydrogens is 266 g/mol. The molecule has 104 valence electrons. The molecule has 0 bridgehead atoms. The van der Waals surface area contributed by atoms with E-state index in [0.29, 0.717) is 0 Å². The summed E-state index contributed by atoms with van der Waals surface area (Å²) in [5, 5.41) is 11.5. The number of aromatic carboxylic acids is 1. The maximum atomic E-state index is 13.7. The molecule has 0 radical (unpaired) electrons. The second-order valence-electron chi connectivity index (χ2n) is 4.31. The van der Waals surface area contributed by atoms with Gasteiger partial charge in [-0.3, -0.25) is 0 Å². The molecule has 4 N–H and O–H groups in total. The van der Waals surface area contributed by atoms with Crippen LogP contribution in [-0.4, -0.2) is 11.1 Å². The number of nitrogen functional groups attached to an aromatic ring is 1. The molecule has 0 amide bonds. The minimum atomic E-state index is -1.14. The van der Waals surface area contributed by atoms with Gasteiger partial charge in [-0.15, -0.1) is 0 Å². The van der Waals surface area contributed by atoms with Crippen molar-refractivity contribution in [2.24, 2.45) is 0 Å². The topological polar surface area (TPSA) is 75.3 Å². The summed E-state index contributed by atoms with van der Waals surface area (Å²) < 4.78 is 27.2. The summed E-state index contributed by atoms with van der Waals surface area (Å²) in [4.78, 5) is 10.9. The Hall–Kier alpha value is -2.63. The molecule has 0 unspecified atom stereocenters. The first-order chi connectivity index (χ1) is 9.38. The Labute approximate surface area is 113 Å². The van der Waals surface area contributed by atoms with Crippen LogP contribution in [0, 0.1) is 18.6 Å². The van der Waals surface area contributed by atoms with Gasteiger partial charge in [0.2, 0.25) is 0 Å². The average molecular weight is 278 g/mol. The number of hydrogen-bond donors (Lipinski definition) is 3. The fraction of sp³-hybridized carbons (Fsp3) is 0.0714. The summed E-state index contributed by atoms with van der Waals surface area (Å²) >= 11 is 0. The van der Waals surface area contributed by atoms with Crippen LogP contribution in [0.4, 0.5) is 25.8 Å². The van der Waals surface area contributed by atoms with E-state index in [1.807, 2.05) is 0 Å². The molecule has 2 rings (SSSR count). The highest BCUT2D eigenvalue weighted by Gasteiger charge is 2.11. The summed E-state index contributed by atoms with van der Waals surface area (Å²) in [7, 11) is 0. The van der Waals surface area contributed by atoms with Gasteiger partial charge in [0.1, 0.15) is 11.6 Å². The average Bonchev–Trinajstić information content (AvgIpc) is 2.38. The van der Waals surface area contributed by atoms with Crippen molar-refractivity contribution in [1.29, 1.82) is 0 Å². The number of hydrogen-bond acceptors (Lipinski definition) is 3. The second-order valence-corrected chi connectivity index (χ2v) is 4.31. The third-order valence-electron chi connectivity index (χ3n) is 2.82. The fourth-order valence-electron chi connectivity index (χ4n) is 1.68. The SMILES string of the molecule is Cc1cc(F)c(Nc2cc(C(=O)O)ccc2N)cc1F. The van der Waals surface area contributed by atoms with Crippen molar-refractivity contribution >= 4 is 23.0 Å². The Bertz CT molecular complexity index is 687. The first-order valence-corrected chi connectivity index (χ1v) is 5.74. The lowest BCUT2D eigenvalue weighted by Gasteiger charge is -2.12. The Morgan fingerprint density at radius 3 is 2.50 bits per heavy atom. The van der Waals surface area contributed by atoms with Gasteiger partial charge in [0.05, 0.1) is 22.6 Å². The van der Waals surface area contributed by atoms with Crippen molar-refractivity contribution < 1.29 is 18.7 Å². The predicted octanol–water partition coefficient (Wildman–Crippen LogP) is 3.30. The number of carboxylic acid groups (broad SMARTS) is 1. The molecule has 2 aromatic rings. The van der Waals surface area contributed by atoms with Gasteiger partial charge in [0.15, 0.2) is 0 Å². The molecule has 4 nitrogen and oxygen atoms in total. The van der Waals surface area contributed by atoms with Gasteiger partial charge >= 0.3 is 5.97 Å². The van der Waals surface area contributed by atoms with Crippen LogP contribution in [0.25, 0.3) is 0 Å². The van der Waals surface area contributed by atoms with Crippen molar-refractivity contribution in [2.75, 3.05) is 11.1 Å². The van der Waals surface area contributed by atoms with Gasteiger partial charge in [-0.25, -0.2) is 13.6 Å². The third kappa shape index (κ3) is 2.69. The number of aryl methyl sites for hydroxylation is 1. The van der Waals surface area contributed by atoms with Crippen LogP contribution in [0.15, 0.2) is 30.3 Å². The highest BCUT2D eigenvalue weighted by atomic mass is 19.1. The molecule has 0 aromatic heterocycles. The molecule has 0 fully saturated rings. The van der Waals surface area contributed by atoms with Gasteiger partial charge in [-0.05, 0) is 36.8 Å². The lowest BCUT2D eigenvalue weighted by Crippen LogP contribution is -2.03. The molecule has 20 heavy (non-hydrogen) atoms. The van der Waals surface area contributed by atoms with Gasteiger partial charge in [0, 0.05) is 6.07 Å². The zero-order valence-electron chi connectivity index (χ0n) is 10.6. The summed E-state index contributed by atoms with van der Waals surface area (Å²) in [6.07, 6.45) is 0.